The molecule has 1 nitrogen and oxygen atoms in total. The fourth-order valence-electron chi connectivity index (χ4n) is 0.568. The standard InChI is InChI=1S/C7H4ClNSe/c8-6-1-3-7(4-2-6)9-5-10/h1-4H. The first-order chi connectivity index (χ1) is 4.83. The molecule has 0 saturated heterocycles. The van der Waals surface area contributed by atoms with Crippen molar-refractivity contribution >= 4 is 37.6 Å². The van der Waals surface area contributed by atoms with Crippen molar-refractivity contribution in [3.8, 4) is 0 Å². The molecule has 1 aromatic carbocycles. The zero-order valence-corrected chi connectivity index (χ0v) is 7.51. The molecule has 1 aromatic rings. The molecule has 1 rings (SSSR count). The van der Waals surface area contributed by atoms with Crippen molar-refractivity contribution < 1.29 is 0 Å². The predicted molar refractivity (Wildman–Crippen MR) is 44.3 cm³/mol. The number of benzene rings is 1. The van der Waals surface area contributed by atoms with Gasteiger partial charge in [0.1, 0.15) is 0 Å². The van der Waals surface area contributed by atoms with Crippen LogP contribution in [0.2, 0.25) is 5.02 Å². The van der Waals surface area contributed by atoms with Crippen LogP contribution in [0.3, 0.4) is 0 Å². The Morgan fingerprint density at radius 1 is 1.30 bits per heavy atom. The summed E-state index contributed by atoms with van der Waals surface area (Å²) in [7, 11) is 0. The third-order valence-corrected chi connectivity index (χ3v) is 1.44. The van der Waals surface area contributed by atoms with Gasteiger partial charge in [-0.1, -0.05) is 0 Å². The molecule has 0 N–H and O–H groups in total. The molecule has 0 aliphatic carbocycles. The van der Waals surface area contributed by atoms with E-state index in [0.717, 1.165) is 10.7 Å². The van der Waals surface area contributed by atoms with Crippen molar-refractivity contribution in [3.63, 3.8) is 0 Å². The number of hydrogen-bond acceptors (Lipinski definition) is 1. The van der Waals surface area contributed by atoms with E-state index in [-0.39, 0.29) is 0 Å². The number of nitrogens with zero attached hydrogens (tertiary/aromatic N) is 1. The molecule has 0 aliphatic heterocycles. The van der Waals surface area contributed by atoms with Gasteiger partial charge < -0.3 is 0 Å². The van der Waals surface area contributed by atoms with Crippen molar-refractivity contribution in [1.82, 2.24) is 0 Å². The summed E-state index contributed by atoms with van der Waals surface area (Å²) >= 11 is 8.20. The second-order valence-corrected chi connectivity index (χ2v) is 2.50. The Kier molecular flexibility index (Phi) is 2.85. The molecule has 0 radical (unpaired) electrons. The molecule has 0 aliphatic rings. The summed E-state index contributed by atoms with van der Waals surface area (Å²) in [6.07, 6.45) is 0. The first-order valence-corrected chi connectivity index (χ1v) is 3.90. The first kappa shape index (κ1) is 7.71. The van der Waals surface area contributed by atoms with E-state index in [1.807, 2.05) is 12.1 Å². The van der Waals surface area contributed by atoms with Gasteiger partial charge in [-0.3, -0.25) is 0 Å². The number of aliphatic imine (C=N–C) groups is 1. The van der Waals surface area contributed by atoms with Gasteiger partial charge in [0.05, 0.1) is 0 Å². The second kappa shape index (κ2) is 3.70. The van der Waals surface area contributed by atoms with Crippen molar-refractivity contribution in [3.05, 3.63) is 29.3 Å². The average Bonchev–Trinajstić information content (AvgIpc) is 1.95. The van der Waals surface area contributed by atoms with Crippen LogP contribution in [0.1, 0.15) is 0 Å². The van der Waals surface area contributed by atoms with Crippen LogP contribution in [0.4, 0.5) is 5.69 Å². The maximum absolute atomic E-state index is 5.64. The summed E-state index contributed by atoms with van der Waals surface area (Å²) in [6, 6.07) is 7.23. The second-order valence-electron chi connectivity index (χ2n) is 1.68. The van der Waals surface area contributed by atoms with Gasteiger partial charge in [0.15, 0.2) is 0 Å². The van der Waals surface area contributed by atoms with E-state index in [1.54, 1.807) is 12.1 Å². The van der Waals surface area contributed by atoms with Crippen LogP contribution in [0.15, 0.2) is 29.3 Å². The molecule has 0 atom stereocenters. The van der Waals surface area contributed by atoms with E-state index in [9.17, 15) is 0 Å². The van der Waals surface area contributed by atoms with E-state index in [4.69, 9.17) is 11.6 Å². The zero-order chi connectivity index (χ0) is 7.40. The van der Waals surface area contributed by atoms with Gasteiger partial charge in [-0.15, -0.1) is 0 Å². The van der Waals surface area contributed by atoms with E-state index < -0.39 is 0 Å². The maximum atomic E-state index is 5.64. The predicted octanol–water partition coefficient (Wildman–Crippen LogP) is 2.05. The summed E-state index contributed by atoms with van der Waals surface area (Å²) in [5.74, 6) is 0. The van der Waals surface area contributed by atoms with Gasteiger partial charge >= 0.3 is 71.9 Å². The van der Waals surface area contributed by atoms with Crippen molar-refractivity contribution in [1.29, 1.82) is 0 Å². The normalized spacial score (nSPS) is 8.50. The molecular weight excluding hydrogens is 212 g/mol. The number of hydrogen-bond donors (Lipinski definition) is 0. The minimum absolute atomic E-state index is 0.721. The first-order valence-electron chi connectivity index (χ1n) is 2.66. The Bertz CT molecular complexity index is 261. The number of halogens is 1. The molecule has 0 aromatic heterocycles. The van der Waals surface area contributed by atoms with Crippen LogP contribution < -0.4 is 0 Å². The van der Waals surface area contributed by atoms with Crippen LogP contribution in [-0.2, 0) is 0 Å². The van der Waals surface area contributed by atoms with Crippen molar-refractivity contribution in [2.24, 2.45) is 4.99 Å². The molecule has 0 amide bonds. The molecule has 50 valence electrons. The Morgan fingerprint density at radius 3 is 2.40 bits per heavy atom. The summed E-state index contributed by atoms with van der Waals surface area (Å²) in [6.45, 7) is 0. The van der Waals surface area contributed by atoms with Crippen LogP contribution >= 0.6 is 11.6 Å². The fourth-order valence-corrected chi connectivity index (χ4v) is 0.915. The molecule has 0 heterocycles. The van der Waals surface area contributed by atoms with E-state index in [2.05, 4.69) is 25.3 Å². The average molecular weight is 217 g/mol. The number of rotatable bonds is 1. The molecule has 0 saturated carbocycles. The monoisotopic (exact) mass is 217 g/mol. The molecule has 0 spiro atoms. The quantitative estimate of drug-likeness (QED) is 0.503. The van der Waals surface area contributed by atoms with E-state index >= 15 is 0 Å². The van der Waals surface area contributed by atoms with Crippen LogP contribution in [-0.4, -0.2) is 20.3 Å². The van der Waals surface area contributed by atoms with Gasteiger partial charge in [-0.25, -0.2) is 0 Å². The molecule has 0 fully saturated rings. The summed E-state index contributed by atoms with van der Waals surface area (Å²) < 4.78 is 2.56. The third-order valence-electron chi connectivity index (χ3n) is 1.00. The Labute approximate surface area is 72.1 Å². The topological polar surface area (TPSA) is 12.4 Å². The minimum atomic E-state index is 0.721. The van der Waals surface area contributed by atoms with Gasteiger partial charge in [0.2, 0.25) is 0 Å². The molecule has 0 unspecified atom stereocenters. The van der Waals surface area contributed by atoms with Crippen LogP contribution in [0.25, 0.3) is 0 Å². The third kappa shape index (κ3) is 2.09. The van der Waals surface area contributed by atoms with Crippen LogP contribution in [0, 0.1) is 0 Å². The van der Waals surface area contributed by atoms with Crippen LogP contribution in [0.5, 0.6) is 0 Å². The fraction of sp³-hybridized carbons (Fsp3) is 0. The summed E-state index contributed by atoms with van der Waals surface area (Å²) in [5.41, 5.74) is 0.850. The SMILES string of the molecule is Clc1ccc(N=C=[Se])cc1. The van der Waals surface area contributed by atoms with E-state index in [0.29, 0.717) is 0 Å². The van der Waals surface area contributed by atoms with Gasteiger partial charge in [0.25, 0.3) is 0 Å². The zero-order valence-electron chi connectivity index (χ0n) is 5.04. The summed E-state index contributed by atoms with van der Waals surface area (Å²) in [5, 5.41) is 0.721. The molecular formula is C7H4ClNSe. The molecule has 10 heavy (non-hydrogen) atoms. The molecule has 3 heteroatoms. The van der Waals surface area contributed by atoms with Gasteiger partial charge in [0, 0.05) is 0 Å². The summed E-state index contributed by atoms with van der Waals surface area (Å²) in [4.78, 5) is 3.88. The van der Waals surface area contributed by atoms with Crippen molar-refractivity contribution in [2.45, 2.75) is 0 Å². The Hall–Kier alpha value is -0.391. The molecule has 0 bridgehead atoms. The van der Waals surface area contributed by atoms with Gasteiger partial charge in [-0.05, 0) is 0 Å². The van der Waals surface area contributed by atoms with E-state index in [1.165, 1.54) is 0 Å². The Morgan fingerprint density at radius 2 is 1.90 bits per heavy atom. The van der Waals surface area contributed by atoms with Crippen molar-refractivity contribution in [2.75, 3.05) is 0 Å². The Balaban J connectivity index is 3.00. The van der Waals surface area contributed by atoms with Gasteiger partial charge in [-0.2, -0.15) is 0 Å².